The minimum Gasteiger partial charge on any atom is -0.476 e. The molecule has 3 aromatic rings. The molecule has 0 bridgehead atoms. The summed E-state index contributed by atoms with van der Waals surface area (Å²) < 4.78 is 5.75. The number of aromatic amines is 1. The van der Waals surface area contributed by atoms with Crippen LogP contribution < -0.4 is 9.64 Å². The molecule has 1 N–H and O–H groups in total. The van der Waals surface area contributed by atoms with E-state index in [1.54, 1.807) is 12.5 Å². The molecule has 4 rings (SSSR count). The van der Waals surface area contributed by atoms with Crippen LogP contribution in [0.2, 0.25) is 0 Å². The number of H-pyrrole nitrogens is 1. The highest BCUT2D eigenvalue weighted by Crippen LogP contribution is 2.27. The Morgan fingerprint density at radius 1 is 1.30 bits per heavy atom. The first kappa shape index (κ1) is 13.9. The molecular weight excluding hydrogens is 294 g/mol. The number of nitrogens with one attached hydrogen (secondary N) is 1. The molecule has 0 amide bonds. The fourth-order valence-corrected chi connectivity index (χ4v) is 2.83. The Morgan fingerprint density at radius 2 is 2.26 bits per heavy atom. The SMILES string of the molecule is Cc1ccc(OCC2CCN(c3ncnc4[nH]ncc34)C2)nn1. The highest BCUT2D eigenvalue weighted by molar-refractivity contribution is 5.86. The average molecular weight is 311 g/mol. The van der Waals surface area contributed by atoms with Crippen LogP contribution in [0.15, 0.2) is 24.7 Å². The van der Waals surface area contributed by atoms with Crippen molar-refractivity contribution >= 4 is 16.9 Å². The van der Waals surface area contributed by atoms with Crippen molar-refractivity contribution in [2.45, 2.75) is 13.3 Å². The lowest BCUT2D eigenvalue weighted by molar-refractivity contribution is 0.249. The number of rotatable bonds is 4. The van der Waals surface area contributed by atoms with Crippen LogP contribution in [0.3, 0.4) is 0 Å². The number of hydrogen-bond donors (Lipinski definition) is 1. The Balaban J connectivity index is 1.41. The molecule has 3 aromatic heterocycles. The summed E-state index contributed by atoms with van der Waals surface area (Å²) in [5, 5.41) is 15.9. The Hall–Kier alpha value is -2.77. The van der Waals surface area contributed by atoms with Gasteiger partial charge in [-0.25, -0.2) is 9.97 Å². The van der Waals surface area contributed by atoms with Crippen LogP contribution in [-0.4, -0.2) is 50.1 Å². The van der Waals surface area contributed by atoms with Crippen molar-refractivity contribution in [3.8, 4) is 5.88 Å². The van der Waals surface area contributed by atoms with Crippen molar-refractivity contribution in [1.29, 1.82) is 0 Å². The van der Waals surface area contributed by atoms with Crippen molar-refractivity contribution in [2.75, 3.05) is 24.6 Å². The molecule has 118 valence electrons. The molecule has 8 heteroatoms. The van der Waals surface area contributed by atoms with Gasteiger partial charge in [0.2, 0.25) is 5.88 Å². The molecule has 1 unspecified atom stereocenters. The van der Waals surface area contributed by atoms with Gasteiger partial charge in [0.15, 0.2) is 5.65 Å². The lowest BCUT2D eigenvalue weighted by atomic mass is 10.1. The number of hydrogen-bond acceptors (Lipinski definition) is 7. The monoisotopic (exact) mass is 311 g/mol. The summed E-state index contributed by atoms with van der Waals surface area (Å²) in [6, 6.07) is 3.76. The largest absolute Gasteiger partial charge is 0.476 e. The zero-order chi connectivity index (χ0) is 15.6. The summed E-state index contributed by atoms with van der Waals surface area (Å²) in [5.41, 5.74) is 1.65. The minimum atomic E-state index is 0.440. The second-order valence-electron chi connectivity index (χ2n) is 5.75. The van der Waals surface area contributed by atoms with Crippen LogP contribution >= 0.6 is 0 Å². The van der Waals surface area contributed by atoms with Gasteiger partial charge in [0, 0.05) is 25.1 Å². The zero-order valence-electron chi connectivity index (χ0n) is 12.8. The van der Waals surface area contributed by atoms with E-state index < -0.39 is 0 Å². The summed E-state index contributed by atoms with van der Waals surface area (Å²) in [6.07, 6.45) is 4.40. The van der Waals surface area contributed by atoms with Crippen LogP contribution in [-0.2, 0) is 0 Å². The maximum atomic E-state index is 5.75. The highest BCUT2D eigenvalue weighted by Gasteiger charge is 2.25. The van der Waals surface area contributed by atoms with E-state index in [1.165, 1.54) is 0 Å². The normalized spacial score (nSPS) is 17.8. The van der Waals surface area contributed by atoms with Crippen LogP contribution in [0.1, 0.15) is 12.1 Å². The predicted molar refractivity (Wildman–Crippen MR) is 84.3 cm³/mol. The fraction of sp³-hybridized carbons (Fsp3) is 0.400. The maximum absolute atomic E-state index is 5.75. The molecule has 4 heterocycles. The molecule has 1 saturated heterocycles. The van der Waals surface area contributed by atoms with E-state index in [0.717, 1.165) is 42.1 Å². The lowest BCUT2D eigenvalue weighted by Crippen LogP contribution is -2.23. The van der Waals surface area contributed by atoms with Gasteiger partial charge in [-0.15, -0.1) is 5.10 Å². The molecular formula is C15H17N7O. The van der Waals surface area contributed by atoms with Gasteiger partial charge < -0.3 is 9.64 Å². The van der Waals surface area contributed by atoms with E-state index in [2.05, 4.69) is 35.3 Å². The Morgan fingerprint density at radius 3 is 3.13 bits per heavy atom. The molecule has 0 aliphatic carbocycles. The highest BCUT2D eigenvalue weighted by atomic mass is 16.5. The predicted octanol–water partition coefficient (Wildman–Crippen LogP) is 1.36. The Kier molecular flexibility index (Phi) is 3.49. The molecule has 8 nitrogen and oxygen atoms in total. The number of aryl methyl sites for hydroxylation is 1. The summed E-state index contributed by atoms with van der Waals surface area (Å²) >= 11 is 0. The van der Waals surface area contributed by atoms with Gasteiger partial charge in [0.25, 0.3) is 0 Å². The molecule has 0 aromatic carbocycles. The van der Waals surface area contributed by atoms with Gasteiger partial charge in [-0.1, -0.05) is 0 Å². The van der Waals surface area contributed by atoms with Gasteiger partial charge in [-0.05, 0) is 19.4 Å². The van der Waals surface area contributed by atoms with Crippen molar-refractivity contribution in [1.82, 2.24) is 30.4 Å². The molecule has 0 radical (unpaired) electrons. The quantitative estimate of drug-likeness (QED) is 0.777. The molecule has 1 fully saturated rings. The molecule has 1 atom stereocenters. The van der Waals surface area contributed by atoms with Gasteiger partial charge in [-0.3, -0.25) is 5.10 Å². The molecule has 23 heavy (non-hydrogen) atoms. The van der Waals surface area contributed by atoms with E-state index >= 15 is 0 Å². The summed E-state index contributed by atoms with van der Waals surface area (Å²) in [5.74, 6) is 1.95. The standard InChI is InChI=1S/C15H17N7O/c1-10-2-3-13(20-19-10)23-8-11-4-5-22(7-11)15-12-6-18-21-14(12)16-9-17-15/h2-3,6,9,11H,4-5,7-8H2,1H3,(H,16,17,18,21). The van der Waals surface area contributed by atoms with Crippen LogP contribution in [0, 0.1) is 12.8 Å². The van der Waals surface area contributed by atoms with Crippen LogP contribution in [0.5, 0.6) is 5.88 Å². The Bertz CT molecular complexity index is 801. The second kappa shape index (κ2) is 5.79. The number of nitrogens with zero attached hydrogens (tertiary/aromatic N) is 6. The fourth-order valence-electron chi connectivity index (χ4n) is 2.83. The van der Waals surface area contributed by atoms with Crippen molar-refractivity contribution in [3.05, 3.63) is 30.4 Å². The number of anilines is 1. The van der Waals surface area contributed by atoms with Gasteiger partial charge in [-0.2, -0.15) is 10.2 Å². The van der Waals surface area contributed by atoms with Crippen molar-refractivity contribution in [2.24, 2.45) is 5.92 Å². The third-order valence-corrected chi connectivity index (χ3v) is 4.05. The number of ether oxygens (including phenoxy) is 1. The smallest absolute Gasteiger partial charge is 0.233 e. The summed E-state index contributed by atoms with van der Waals surface area (Å²) in [6.45, 7) is 4.39. The van der Waals surface area contributed by atoms with Crippen molar-refractivity contribution < 1.29 is 4.74 Å². The lowest BCUT2D eigenvalue weighted by Gasteiger charge is -2.17. The maximum Gasteiger partial charge on any atom is 0.233 e. The first-order valence-corrected chi connectivity index (χ1v) is 7.62. The molecule has 0 saturated carbocycles. The molecule has 0 spiro atoms. The van der Waals surface area contributed by atoms with Gasteiger partial charge >= 0.3 is 0 Å². The van der Waals surface area contributed by atoms with E-state index in [9.17, 15) is 0 Å². The summed E-state index contributed by atoms with van der Waals surface area (Å²) in [7, 11) is 0. The van der Waals surface area contributed by atoms with E-state index in [4.69, 9.17) is 4.74 Å². The number of aromatic nitrogens is 6. The Labute approximate surface area is 132 Å². The topological polar surface area (TPSA) is 92.7 Å². The van der Waals surface area contributed by atoms with Crippen LogP contribution in [0.25, 0.3) is 11.0 Å². The first-order chi connectivity index (χ1) is 11.3. The first-order valence-electron chi connectivity index (χ1n) is 7.62. The van der Waals surface area contributed by atoms with Crippen molar-refractivity contribution in [3.63, 3.8) is 0 Å². The zero-order valence-corrected chi connectivity index (χ0v) is 12.8. The number of fused-ring (bicyclic) bond motifs is 1. The van der Waals surface area contributed by atoms with E-state index in [0.29, 0.717) is 18.4 Å². The third kappa shape index (κ3) is 2.79. The van der Waals surface area contributed by atoms with Gasteiger partial charge in [0.05, 0.1) is 23.9 Å². The third-order valence-electron chi connectivity index (χ3n) is 4.05. The molecule has 1 aliphatic heterocycles. The minimum absolute atomic E-state index is 0.440. The second-order valence-corrected chi connectivity index (χ2v) is 5.75. The molecule has 1 aliphatic rings. The average Bonchev–Trinajstić information content (AvgIpc) is 3.23. The van der Waals surface area contributed by atoms with E-state index in [1.807, 2.05) is 19.1 Å². The van der Waals surface area contributed by atoms with Gasteiger partial charge in [0.1, 0.15) is 12.1 Å². The van der Waals surface area contributed by atoms with E-state index in [-0.39, 0.29) is 0 Å². The summed E-state index contributed by atoms with van der Waals surface area (Å²) in [4.78, 5) is 10.9. The van der Waals surface area contributed by atoms with Crippen LogP contribution in [0.4, 0.5) is 5.82 Å².